The average molecular weight is 429 g/mol. The summed E-state index contributed by atoms with van der Waals surface area (Å²) in [7, 11) is 0. The van der Waals surface area contributed by atoms with Crippen LogP contribution in [0.1, 0.15) is 116 Å². The van der Waals surface area contributed by atoms with E-state index in [2.05, 4.69) is 6.08 Å². The van der Waals surface area contributed by atoms with Crippen molar-refractivity contribution in [3.05, 3.63) is 12.2 Å². The maximum Gasteiger partial charge on any atom is 0.157 e. The Morgan fingerprint density at radius 2 is 1.35 bits per heavy atom. The highest BCUT2D eigenvalue weighted by Gasteiger charge is 2.63. The van der Waals surface area contributed by atoms with E-state index in [1.165, 1.54) is 12.8 Å². The Hall–Kier alpha value is -1.58. The van der Waals surface area contributed by atoms with Crippen LogP contribution in [-0.2, 0) is 19.2 Å². The smallest absolute Gasteiger partial charge is 0.157 e. The lowest BCUT2D eigenvalue weighted by Gasteiger charge is -2.35. The molecule has 31 heavy (non-hydrogen) atoms. The van der Waals surface area contributed by atoms with Gasteiger partial charge in [0.15, 0.2) is 5.78 Å². The fourth-order valence-corrected chi connectivity index (χ4v) is 6.04. The molecule has 3 aliphatic carbocycles. The van der Waals surface area contributed by atoms with E-state index in [0.717, 1.165) is 57.8 Å². The van der Waals surface area contributed by atoms with Gasteiger partial charge in [-0.2, -0.15) is 0 Å². The molecule has 0 heterocycles. The van der Waals surface area contributed by atoms with Gasteiger partial charge in [-0.25, -0.2) is 0 Å². The van der Waals surface area contributed by atoms with Crippen molar-refractivity contribution in [2.45, 2.75) is 116 Å². The third-order valence-electron chi connectivity index (χ3n) is 7.83. The Morgan fingerprint density at radius 1 is 0.677 bits per heavy atom. The van der Waals surface area contributed by atoms with E-state index in [0.29, 0.717) is 44.9 Å². The van der Waals surface area contributed by atoms with Gasteiger partial charge in [0.2, 0.25) is 0 Å². The molecule has 0 aromatic rings. The van der Waals surface area contributed by atoms with Crippen LogP contribution in [0.3, 0.4) is 0 Å². The van der Waals surface area contributed by atoms with Crippen LogP contribution in [0, 0.1) is 17.3 Å². The number of allylic oxidation sites excluding steroid dienone is 2. The Labute approximate surface area is 187 Å². The van der Waals surface area contributed by atoms with Crippen LogP contribution in [0.2, 0.25) is 0 Å². The van der Waals surface area contributed by atoms with Gasteiger partial charge in [0, 0.05) is 25.2 Å². The molecule has 0 amide bonds. The minimum Gasteiger partial charge on any atom is -0.299 e. The summed E-state index contributed by atoms with van der Waals surface area (Å²) in [6.45, 7) is 0. The quantitative estimate of drug-likeness (QED) is 0.345. The molecule has 4 nitrogen and oxygen atoms in total. The van der Waals surface area contributed by atoms with E-state index in [-0.39, 0.29) is 29.1 Å². The summed E-state index contributed by atoms with van der Waals surface area (Å²) < 4.78 is 0. The van der Waals surface area contributed by atoms with Crippen LogP contribution in [0.4, 0.5) is 0 Å². The SMILES string of the molecule is O=C1C/C=C/CCCCCCCCC2C(=O)C3CCCCC3(C(=O)CCCCC1)C2=O. The Balaban J connectivity index is 1.66. The number of Topliss-reactive ketones (excluding diaryl/α,β-unsaturated/α-hetero) is 4. The van der Waals surface area contributed by atoms with Crippen molar-refractivity contribution >= 4 is 23.1 Å². The third-order valence-corrected chi connectivity index (χ3v) is 7.83. The highest BCUT2D eigenvalue weighted by molar-refractivity contribution is 6.23. The second kappa shape index (κ2) is 11.9. The number of fused-ring (bicyclic) bond motifs is 1. The maximum absolute atomic E-state index is 13.4. The van der Waals surface area contributed by atoms with E-state index in [9.17, 15) is 19.2 Å². The number of hydrogen-bond acceptors (Lipinski definition) is 4. The summed E-state index contributed by atoms with van der Waals surface area (Å²) in [5.74, 6) is -0.602. The maximum atomic E-state index is 13.4. The minimum atomic E-state index is -1.01. The number of rotatable bonds is 0. The van der Waals surface area contributed by atoms with Gasteiger partial charge in [0.05, 0.1) is 11.3 Å². The van der Waals surface area contributed by atoms with Crippen molar-refractivity contribution < 1.29 is 19.2 Å². The Kier molecular flexibility index (Phi) is 9.22. The topological polar surface area (TPSA) is 68.3 Å². The Bertz CT molecular complexity index is 691. The van der Waals surface area contributed by atoms with Crippen molar-refractivity contribution in [1.82, 2.24) is 0 Å². The molecule has 2 fully saturated rings. The fourth-order valence-electron chi connectivity index (χ4n) is 6.04. The number of carbonyl (C=O) groups excluding carboxylic acids is 4. The van der Waals surface area contributed by atoms with Crippen LogP contribution < -0.4 is 0 Å². The predicted molar refractivity (Wildman–Crippen MR) is 122 cm³/mol. The molecular weight excluding hydrogens is 388 g/mol. The molecule has 0 aromatic heterocycles. The van der Waals surface area contributed by atoms with Crippen molar-refractivity contribution in [2.75, 3.05) is 0 Å². The van der Waals surface area contributed by atoms with Gasteiger partial charge >= 0.3 is 0 Å². The van der Waals surface area contributed by atoms with E-state index in [1.807, 2.05) is 6.08 Å². The van der Waals surface area contributed by atoms with Gasteiger partial charge in [-0.05, 0) is 44.9 Å². The zero-order valence-corrected chi connectivity index (χ0v) is 19.2. The first-order chi connectivity index (χ1) is 15.1. The molecule has 1 spiro atoms. The van der Waals surface area contributed by atoms with Gasteiger partial charge in [0.25, 0.3) is 0 Å². The first kappa shape index (κ1) is 24.1. The lowest BCUT2D eigenvalue weighted by molar-refractivity contribution is -0.145. The second-order valence-corrected chi connectivity index (χ2v) is 9.99. The van der Waals surface area contributed by atoms with Gasteiger partial charge in [-0.3, -0.25) is 19.2 Å². The molecule has 0 radical (unpaired) electrons. The normalized spacial score (nSPS) is 34.1. The minimum absolute atomic E-state index is 0.0122. The van der Waals surface area contributed by atoms with E-state index in [4.69, 9.17) is 0 Å². The number of carbonyl (C=O) groups is 4. The van der Waals surface area contributed by atoms with Crippen molar-refractivity contribution in [2.24, 2.45) is 17.3 Å². The molecule has 0 saturated heterocycles. The van der Waals surface area contributed by atoms with Crippen molar-refractivity contribution in [3.63, 3.8) is 0 Å². The molecule has 3 atom stereocenters. The van der Waals surface area contributed by atoms with Crippen LogP contribution in [0.25, 0.3) is 0 Å². The molecule has 2 bridgehead atoms. The van der Waals surface area contributed by atoms with Gasteiger partial charge in [-0.15, -0.1) is 0 Å². The van der Waals surface area contributed by atoms with Crippen LogP contribution >= 0.6 is 0 Å². The first-order valence-corrected chi connectivity index (χ1v) is 12.9. The third kappa shape index (κ3) is 5.81. The largest absolute Gasteiger partial charge is 0.299 e. The van der Waals surface area contributed by atoms with Crippen molar-refractivity contribution in [1.29, 1.82) is 0 Å². The Morgan fingerprint density at radius 3 is 2.19 bits per heavy atom. The molecule has 3 unspecified atom stereocenters. The fraction of sp³-hybridized carbons (Fsp3) is 0.778. The van der Waals surface area contributed by atoms with Gasteiger partial charge < -0.3 is 0 Å². The summed E-state index contributed by atoms with van der Waals surface area (Å²) in [6.07, 6.45) is 19.3. The monoisotopic (exact) mass is 428 g/mol. The van der Waals surface area contributed by atoms with Crippen LogP contribution in [0.5, 0.6) is 0 Å². The lowest BCUT2D eigenvalue weighted by Crippen LogP contribution is -2.44. The molecule has 0 aromatic carbocycles. The summed E-state index contributed by atoms with van der Waals surface area (Å²) >= 11 is 0. The van der Waals surface area contributed by atoms with E-state index in [1.54, 1.807) is 0 Å². The highest BCUT2D eigenvalue weighted by Crippen LogP contribution is 2.52. The molecule has 172 valence electrons. The lowest BCUT2D eigenvalue weighted by atomic mass is 9.64. The van der Waals surface area contributed by atoms with Crippen LogP contribution in [0.15, 0.2) is 12.2 Å². The average Bonchev–Trinajstić information content (AvgIpc) is 2.99. The van der Waals surface area contributed by atoms with Crippen molar-refractivity contribution in [3.8, 4) is 0 Å². The molecule has 0 N–H and O–H groups in total. The zero-order valence-electron chi connectivity index (χ0n) is 19.2. The molecule has 4 heteroatoms. The summed E-state index contributed by atoms with van der Waals surface area (Å²) in [5, 5.41) is 0. The number of ketones is 4. The van der Waals surface area contributed by atoms with Crippen LogP contribution in [-0.4, -0.2) is 23.1 Å². The number of hydrogen-bond donors (Lipinski definition) is 0. The standard InChI is InChI=1S/C27H40O4/c28-21-15-9-6-4-2-1-3-5-7-11-17-22-25(30)23-18-13-14-20-27(23,26(22)31)24(29)19-12-8-10-16-21/h6,9,22-23H,1-5,7-8,10-20H2/b9-6+. The predicted octanol–water partition coefficient (Wildman–Crippen LogP) is 6.10. The van der Waals surface area contributed by atoms with Gasteiger partial charge in [-0.1, -0.05) is 63.5 Å². The van der Waals surface area contributed by atoms with E-state index >= 15 is 0 Å². The van der Waals surface area contributed by atoms with Gasteiger partial charge in [0.1, 0.15) is 17.3 Å². The zero-order chi connectivity index (χ0) is 22.1. The molecule has 2 saturated carbocycles. The molecule has 0 aliphatic heterocycles. The molecular formula is C27H40O4. The first-order valence-electron chi connectivity index (χ1n) is 12.9. The second-order valence-electron chi connectivity index (χ2n) is 9.99. The molecule has 3 aliphatic rings. The summed E-state index contributed by atoms with van der Waals surface area (Å²) in [4.78, 5) is 51.9. The summed E-state index contributed by atoms with van der Waals surface area (Å²) in [5.41, 5.74) is -1.01. The molecule has 3 rings (SSSR count). The summed E-state index contributed by atoms with van der Waals surface area (Å²) in [6, 6.07) is 0. The van der Waals surface area contributed by atoms with E-state index < -0.39 is 11.3 Å². The highest BCUT2D eigenvalue weighted by atomic mass is 16.2.